The zero-order valence-corrected chi connectivity index (χ0v) is 9.91. The molecule has 1 aromatic carbocycles. The fraction of sp³-hybridized carbons (Fsp3) is 0.300. The fourth-order valence-corrected chi connectivity index (χ4v) is 1.40. The predicted octanol–water partition coefficient (Wildman–Crippen LogP) is 0.563. The first-order valence-electron chi connectivity index (χ1n) is 4.71. The Bertz CT molecular complexity index is 456. The van der Waals surface area contributed by atoms with E-state index in [0.717, 1.165) is 6.26 Å². The maximum Gasteiger partial charge on any atom is 0.256 e. The minimum Gasteiger partial charge on any atom is -0.299 e. The van der Waals surface area contributed by atoms with Crippen LogP contribution in [0.4, 0.5) is 5.69 Å². The topological polar surface area (TPSA) is 75.3 Å². The van der Waals surface area contributed by atoms with Gasteiger partial charge in [-0.05, 0) is 19.1 Å². The van der Waals surface area contributed by atoms with Crippen LogP contribution >= 0.6 is 0 Å². The van der Waals surface area contributed by atoms with Crippen LogP contribution < -0.4 is 10.9 Å². The Hall–Kier alpha value is -1.56. The van der Waals surface area contributed by atoms with Gasteiger partial charge in [-0.2, -0.15) is 0 Å². The van der Waals surface area contributed by atoms with Crippen molar-refractivity contribution < 1.29 is 13.2 Å². The van der Waals surface area contributed by atoms with Crippen LogP contribution in [0, 0.1) is 0 Å². The van der Waals surface area contributed by atoms with Gasteiger partial charge in [0, 0.05) is 6.26 Å². The van der Waals surface area contributed by atoms with Gasteiger partial charge < -0.3 is 0 Å². The molecule has 88 valence electrons. The molecule has 0 aliphatic carbocycles. The molecule has 1 amide bonds. The maximum absolute atomic E-state index is 11.4. The van der Waals surface area contributed by atoms with Crippen LogP contribution in [0.2, 0.25) is 0 Å². The zero-order chi connectivity index (χ0) is 12.2. The van der Waals surface area contributed by atoms with Gasteiger partial charge in [0.15, 0.2) is 9.84 Å². The summed E-state index contributed by atoms with van der Waals surface area (Å²) in [6.07, 6.45) is 1.03. The number of carbonyl (C=O) groups is 1. The van der Waals surface area contributed by atoms with Crippen LogP contribution in [0.25, 0.3) is 0 Å². The number of hydrogen-bond acceptors (Lipinski definition) is 4. The van der Waals surface area contributed by atoms with E-state index in [4.69, 9.17) is 0 Å². The van der Waals surface area contributed by atoms with Crippen LogP contribution in [0.5, 0.6) is 0 Å². The van der Waals surface area contributed by atoms with E-state index in [1.165, 1.54) is 6.92 Å². The summed E-state index contributed by atoms with van der Waals surface area (Å²) in [5.41, 5.74) is 5.66. The smallest absolute Gasteiger partial charge is 0.256 e. The van der Waals surface area contributed by atoms with E-state index in [2.05, 4.69) is 10.9 Å². The largest absolute Gasteiger partial charge is 0.299 e. The number of sulfone groups is 1. The summed E-state index contributed by atoms with van der Waals surface area (Å²) >= 11 is 0. The Morgan fingerprint density at radius 1 is 1.25 bits per heavy atom. The lowest BCUT2D eigenvalue weighted by atomic mass is 10.3. The Kier molecular flexibility index (Phi) is 3.89. The number of benzene rings is 1. The molecule has 0 spiro atoms. The molecule has 1 aromatic rings. The van der Waals surface area contributed by atoms with Crippen LogP contribution in [0.3, 0.4) is 0 Å². The number of carbonyl (C=O) groups excluding carboxylic acids is 1. The van der Waals surface area contributed by atoms with Crippen molar-refractivity contribution in [1.29, 1.82) is 0 Å². The molecule has 1 atom stereocenters. The normalized spacial score (nSPS) is 12.9. The van der Waals surface area contributed by atoms with Crippen LogP contribution in [-0.4, -0.2) is 25.8 Å². The third-order valence-corrected chi connectivity index (χ3v) is 3.61. The first-order valence-corrected chi connectivity index (χ1v) is 6.66. The van der Waals surface area contributed by atoms with Gasteiger partial charge in [-0.3, -0.25) is 15.6 Å². The number of para-hydroxylation sites is 1. The average Bonchev–Trinajstić information content (AvgIpc) is 2.25. The van der Waals surface area contributed by atoms with Gasteiger partial charge in [0.2, 0.25) is 0 Å². The van der Waals surface area contributed by atoms with Gasteiger partial charge >= 0.3 is 0 Å². The summed E-state index contributed by atoms with van der Waals surface area (Å²) in [5.74, 6) is -0.577. The molecule has 0 saturated heterocycles. The molecule has 1 unspecified atom stereocenters. The summed E-state index contributed by atoms with van der Waals surface area (Å²) < 4.78 is 22.2. The lowest BCUT2D eigenvalue weighted by Gasteiger charge is -2.12. The van der Waals surface area contributed by atoms with Crippen LogP contribution in [0.15, 0.2) is 30.3 Å². The third-order valence-electron chi connectivity index (χ3n) is 2.12. The molecule has 1 rings (SSSR count). The third kappa shape index (κ3) is 3.54. The summed E-state index contributed by atoms with van der Waals surface area (Å²) in [4.78, 5) is 11.4. The number of nitrogens with one attached hydrogen (secondary N) is 2. The Morgan fingerprint density at radius 2 is 1.81 bits per heavy atom. The summed E-state index contributed by atoms with van der Waals surface area (Å²) in [6.45, 7) is 1.34. The number of anilines is 1. The van der Waals surface area contributed by atoms with E-state index >= 15 is 0 Å². The molecular formula is C10H14N2O3S. The second-order valence-electron chi connectivity index (χ2n) is 3.45. The highest BCUT2D eigenvalue weighted by Crippen LogP contribution is 2.03. The number of hydrazine groups is 1. The van der Waals surface area contributed by atoms with Crippen LogP contribution in [-0.2, 0) is 14.6 Å². The summed E-state index contributed by atoms with van der Waals surface area (Å²) in [5, 5.41) is -1.07. The molecular weight excluding hydrogens is 228 g/mol. The molecule has 0 aliphatic rings. The molecule has 0 heterocycles. The quantitative estimate of drug-likeness (QED) is 0.757. The molecule has 0 fully saturated rings. The molecule has 0 bridgehead atoms. The average molecular weight is 242 g/mol. The van der Waals surface area contributed by atoms with E-state index in [-0.39, 0.29) is 0 Å². The fourth-order valence-electron chi connectivity index (χ4n) is 0.951. The van der Waals surface area contributed by atoms with Crippen molar-refractivity contribution in [3.05, 3.63) is 30.3 Å². The van der Waals surface area contributed by atoms with Gasteiger partial charge in [-0.1, -0.05) is 18.2 Å². The molecule has 0 saturated carbocycles. The highest BCUT2D eigenvalue weighted by atomic mass is 32.2. The number of hydrogen-bond donors (Lipinski definition) is 2. The first kappa shape index (κ1) is 12.5. The molecule has 16 heavy (non-hydrogen) atoms. The van der Waals surface area contributed by atoms with E-state index in [1.807, 2.05) is 6.07 Å². The van der Waals surface area contributed by atoms with Crippen molar-refractivity contribution in [2.45, 2.75) is 12.2 Å². The number of amides is 1. The van der Waals surface area contributed by atoms with E-state index < -0.39 is 21.0 Å². The van der Waals surface area contributed by atoms with Crippen molar-refractivity contribution in [2.24, 2.45) is 0 Å². The molecule has 0 aliphatic heterocycles. The highest BCUT2D eigenvalue weighted by molar-refractivity contribution is 7.92. The molecule has 0 aromatic heterocycles. The van der Waals surface area contributed by atoms with E-state index in [9.17, 15) is 13.2 Å². The standard InChI is InChI=1S/C10H14N2O3S/c1-8(16(2,14)15)10(13)12-11-9-6-4-3-5-7-9/h3-8,11H,1-2H3,(H,12,13). The summed E-state index contributed by atoms with van der Waals surface area (Å²) in [6, 6.07) is 8.95. The van der Waals surface area contributed by atoms with E-state index in [0.29, 0.717) is 5.69 Å². The Balaban J connectivity index is 2.54. The lowest BCUT2D eigenvalue weighted by molar-refractivity contribution is -0.119. The van der Waals surface area contributed by atoms with Crippen LogP contribution in [0.1, 0.15) is 6.92 Å². The van der Waals surface area contributed by atoms with Crippen molar-refractivity contribution >= 4 is 21.4 Å². The Morgan fingerprint density at radius 3 is 2.31 bits per heavy atom. The zero-order valence-electron chi connectivity index (χ0n) is 9.10. The molecule has 2 N–H and O–H groups in total. The highest BCUT2D eigenvalue weighted by Gasteiger charge is 2.23. The SMILES string of the molecule is CC(C(=O)NNc1ccccc1)S(C)(=O)=O. The minimum absolute atomic E-state index is 0.577. The predicted molar refractivity (Wildman–Crippen MR) is 62.5 cm³/mol. The molecule has 5 nitrogen and oxygen atoms in total. The van der Waals surface area contributed by atoms with Crippen molar-refractivity contribution in [3.63, 3.8) is 0 Å². The summed E-state index contributed by atoms with van der Waals surface area (Å²) in [7, 11) is -3.36. The van der Waals surface area contributed by atoms with E-state index in [1.54, 1.807) is 24.3 Å². The Labute approximate surface area is 94.7 Å². The minimum atomic E-state index is -3.36. The van der Waals surface area contributed by atoms with Gasteiger partial charge in [0.1, 0.15) is 5.25 Å². The van der Waals surface area contributed by atoms with Gasteiger partial charge in [0.05, 0.1) is 5.69 Å². The van der Waals surface area contributed by atoms with Gasteiger partial charge in [-0.15, -0.1) is 0 Å². The maximum atomic E-state index is 11.4. The first-order chi connectivity index (χ1) is 7.41. The van der Waals surface area contributed by atoms with Gasteiger partial charge in [0.25, 0.3) is 5.91 Å². The van der Waals surface area contributed by atoms with Crippen molar-refractivity contribution in [1.82, 2.24) is 5.43 Å². The second kappa shape index (κ2) is 4.98. The molecule has 6 heteroatoms. The monoisotopic (exact) mass is 242 g/mol. The van der Waals surface area contributed by atoms with Gasteiger partial charge in [-0.25, -0.2) is 8.42 Å². The van der Waals surface area contributed by atoms with Crippen molar-refractivity contribution in [3.8, 4) is 0 Å². The van der Waals surface area contributed by atoms with Crippen molar-refractivity contribution in [2.75, 3.05) is 11.7 Å². The lowest BCUT2D eigenvalue weighted by Crippen LogP contribution is -2.40. The molecule has 0 radical (unpaired) electrons. The second-order valence-corrected chi connectivity index (χ2v) is 5.82. The number of rotatable bonds is 4.